The zero-order chi connectivity index (χ0) is 16.3. The van der Waals surface area contributed by atoms with Gasteiger partial charge in [-0.2, -0.15) is 4.98 Å². The fourth-order valence-corrected chi connectivity index (χ4v) is 4.07. The zero-order valence-corrected chi connectivity index (χ0v) is 15.3. The zero-order valence-electron chi connectivity index (χ0n) is 14.5. The standard InChI is InChI=1S/C17H28N4O2.ClH/c1-13-19-16(23-20-13)14-6-5-9-21(11-14)15(22)10-17(12-18)7-3-2-4-8-17;/h14H,2-12,18H2,1H3;1H. The van der Waals surface area contributed by atoms with E-state index in [0.717, 1.165) is 32.2 Å². The number of rotatable bonds is 4. The van der Waals surface area contributed by atoms with Crippen molar-refractivity contribution in [3.8, 4) is 0 Å². The summed E-state index contributed by atoms with van der Waals surface area (Å²) in [5, 5.41) is 3.87. The van der Waals surface area contributed by atoms with E-state index in [1.165, 1.54) is 19.3 Å². The van der Waals surface area contributed by atoms with Gasteiger partial charge in [0, 0.05) is 19.5 Å². The predicted octanol–water partition coefficient (Wildman–Crippen LogP) is 2.81. The Bertz CT molecular complexity index is 542. The van der Waals surface area contributed by atoms with Crippen LogP contribution in [0.5, 0.6) is 0 Å². The molecule has 0 radical (unpaired) electrons. The predicted molar refractivity (Wildman–Crippen MR) is 94.0 cm³/mol. The lowest BCUT2D eigenvalue weighted by molar-refractivity contribution is -0.135. The van der Waals surface area contributed by atoms with Gasteiger partial charge in [0.05, 0.1) is 5.92 Å². The average molecular weight is 357 g/mol. The van der Waals surface area contributed by atoms with Gasteiger partial charge in [0.1, 0.15) is 0 Å². The molecule has 1 saturated carbocycles. The Morgan fingerprint density at radius 3 is 2.71 bits per heavy atom. The molecule has 2 aliphatic rings. The van der Waals surface area contributed by atoms with Crippen LogP contribution >= 0.6 is 12.4 Å². The van der Waals surface area contributed by atoms with Crippen molar-refractivity contribution in [2.75, 3.05) is 19.6 Å². The molecule has 1 unspecified atom stereocenters. The Morgan fingerprint density at radius 2 is 2.08 bits per heavy atom. The molecule has 6 nitrogen and oxygen atoms in total. The lowest BCUT2D eigenvalue weighted by Gasteiger charge is -2.39. The summed E-state index contributed by atoms with van der Waals surface area (Å²) in [5.41, 5.74) is 6.06. The van der Waals surface area contributed by atoms with E-state index in [1.54, 1.807) is 0 Å². The number of nitrogens with zero attached hydrogens (tertiary/aromatic N) is 3. The molecule has 1 saturated heterocycles. The first-order valence-electron chi connectivity index (χ1n) is 8.90. The second kappa shape index (κ2) is 8.30. The molecule has 24 heavy (non-hydrogen) atoms. The van der Waals surface area contributed by atoms with Crippen LogP contribution in [0.15, 0.2) is 4.52 Å². The topological polar surface area (TPSA) is 85.2 Å². The quantitative estimate of drug-likeness (QED) is 0.896. The molecule has 1 aliphatic carbocycles. The van der Waals surface area contributed by atoms with Crippen molar-refractivity contribution >= 4 is 18.3 Å². The molecule has 1 atom stereocenters. The van der Waals surface area contributed by atoms with Gasteiger partial charge in [0.15, 0.2) is 5.82 Å². The van der Waals surface area contributed by atoms with E-state index in [2.05, 4.69) is 10.1 Å². The Labute approximate surface area is 149 Å². The van der Waals surface area contributed by atoms with Gasteiger partial charge in [-0.05, 0) is 44.6 Å². The second-order valence-corrected chi connectivity index (χ2v) is 7.30. The lowest BCUT2D eigenvalue weighted by Crippen LogP contribution is -2.44. The van der Waals surface area contributed by atoms with Crippen LogP contribution in [-0.4, -0.2) is 40.6 Å². The smallest absolute Gasteiger partial charge is 0.231 e. The number of halogens is 1. The van der Waals surface area contributed by atoms with Crippen molar-refractivity contribution in [2.45, 2.75) is 64.2 Å². The third-order valence-corrected chi connectivity index (χ3v) is 5.54. The van der Waals surface area contributed by atoms with Gasteiger partial charge >= 0.3 is 0 Å². The molecule has 0 bridgehead atoms. The molecular weight excluding hydrogens is 328 g/mol. The highest BCUT2D eigenvalue weighted by atomic mass is 35.5. The van der Waals surface area contributed by atoms with E-state index in [0.29, 0.717) is 31.2 Å². The van der Waals surface area contributed by atoms with Crippen molar-refractivity contribution in [1.82, 2.24) is 15.0 Å². The number of aryl methyl sites for hydroxylation is 1. The molecule has 1 aromatic rings. The summed E-state index contributed by atoms with van der Waals surface area (Å²) >= 11 is 0. The molecule has 3 rings (SSSR count). The number of likely N-dealkylation sites (tertiary alicyclic amines) is 1. The van der Waals surface area contributed by atoms with Gasteiger partial charge in [-0.25, -0.2) is 0 Å². The van der Waals surface area contributed by atoms with Gasteiger partial charge in [-0.3, -0.25) is 4.79 Å². The number of hydrogen-bond donors (Lipinski definition) is 1. The summed E-state index contributed by atoms with van der Waals surface area (Å²) in [6.07, 6.45) is 8.46. The van der Waals surface area contributed by atoms with Crippen LogP contribution in [-0.2, 0) is 4.79 Å². The number of amides is 1. The molecule has 2 N–H and O–H groups in total. The van der Waals surface area contributed by atoms with Gasteiger partial charge in [-0.15, -0.1) is 12.4 Å². The molecule has 1 aliphatic heterocycles. The van der Waals surface area contributed by atoms with E-state index in [1.807, 2.05) is 11.8 Å². The van der Waals surface area contributed by atoms with Crippen molar-refractivity contribution in [2.24, 2.45) is 11.1 Å². The normalized spacial score (nSPS) is 23.6. The second-order valence-electron chi connectivity index (χ2n) is 7.30. The lowest BCUT2D eigenvalue weighted by atomic mass is 9.71. The van der Waals surface area contributed by atoms with Crippen LogP contribution in [0.4, 0.5) is 0 Å². The maximum absolute atomic E-state index is 12.8. The molecule has 2 fully saturated rings. The highest BCUT2D eigenvalue weighted by molar-refractivity contribution is 5.85. The molecular formula is C17H29ClN4O2. The third kappa shape index (κ3) is 4.28. The monoisotopic (exact) mass is 356 g/mol. The Balaban J connectivity index is 0.00000208. The number of nitrogens with two attached hydrogens (primary N) is 1. The van der Waals surface area contributed by atoms with Gasteiger partial charge in [0.2, 0.25) is 11.8 Å². The first-order valence-corrected chi connectivity index (χ1v) is 8.90. The Kier molecular flexibility index (Phi) is 6.63. The average Bonchev–Trinajstić information content (AvgIpc) is 3.02. The van der Waals surface area contributed by atoms with Crippen molar-refractivity contribution in [3.63, 3.8) is 0 Å². The summed E-state index contributed by atoms with van der Waals surface area (Å²) < 4.78 is 5.30. The van der Waals surface area contributed by atoms with Gasteiger partial charge in [-0.1, -0.05) is 24.4 Å². The number of carbonyl (C=O) groups is 1. The van der Waals surface area contributed by atoms with Crippen molar-refractivity contribution in [3.05, 3.63) is 11.7 Å². The van der Waals surface area contributed by atoms with Gasteiger partial charge < -0.3 is 15.2 Å². The van der Waals surface area contributed by atoms with Gasteiger partial charge in [0.25, 0.3) is 0 Å². The summed E-state index contributed by atoms with van der Waals surface area (Å²) in [6.45, 7) is 3.98. The molecule has 7 heteroatoms. The molecule has 1 aromatic heterocycles. The largest absolute Gasteiger partial charge is 0.342 e. The third-order valence-electron chi connectivity index (χ3n) is 5.54. The summed E-state index contributed by atoms with van der Waals surface area (Å²) in [4.78, 5) is 19.1. The molecule has 1 amide bonds. The minimum Gasteiger partial charge on any atom is -0.342 e. The first kappa shape index (κ1) is 19.2. The van der Waals surface area contributed by atoms with Crippen molar-refractivity contribution < 1.29 is 9.32 Å². The first-order chi connectivity index (χ1) is 11.1. The fraction of sp³-hybridized carbons (Fsp3) is 0.824. The van der Waals surface area contributed by atoms with Crippen LogP contribution in [0.2, 0.25) is 0 Å². The van der Waals surface area contributed by atoms with Crippen LogP contribution in [0.25, 0.3) is 0 Å². The summed E-state index contributed by atoms with van der Waals surface area (Å²) in [7, 11) is 0. The van der Waals surface area contributed by atoms with E-state index in [4.69, 9.17) is 10.3 Å². The number of piperidine rings is 1. The molecule has 0 spiro atoms. The molecule has 2 heterocycles. The number of hydrogen-bond acceptors (Lipinski definition) is 5. The van der Waals surface area contributed by atoms with Crippen LogP contribution < -0.4 is 5.73 Å². The maximum Gasteiger partial charge on any atom is 0.231 e. The van der Waals surface area contributed by atoms with E-state index in [9.17, 15) is 4.79 Å². The fourth-order valence-electron chi connectivity index (χ4n) is 4.07. The Hall–Kier alpha value is -1.14. The summed E-state index contributed by atoms with van der Waals surface area (Å²) in [5.74, 6) is 1.76. The maximum atomic E-state index is 12.8. The molecule has 0 aromatic carbocycles. The van der Waals surface area contributed by atoms with E-state index >= 15 is 0 Å². The SMILES string of the molecule is Cc1noc(C2CCCN(C(=O)CC3(CN)CCCCC3)C2)n1.Cl. The van der Waals surface area contributed by atoms with E-state index < -0.39 is 0 Å². The Morgan fingerprint density at radius 1 is 1.33 bits per heavy atom. The highest BCUT2D eigenvalue weighted by Crippen LogP contribution is 2.39. The van der Waals surface area contributed by atoms with Crippen LogP contribution in [0.3, 0.4) is 0 Å². The van der Waals surface area contributed by atoms with Crippen LogP contribution in [0.1, 0.15) is 69.0 Å². The van der Waals surface area contributed by atoms with Crippen LogP contribution in [0, 0.1) is 12.3 Å². The summed E-state index contributed by atoms with van der Waals surface area (Å²) in [6, 6.07) is 0. The minimum absolute atomic E-state index is 0. The number of carbonyl (C=O) groups excluding carboxylic acids is 1. The molecule has 136 valence electrons. The number of aromatic nitrogens is 2. The highest BCUT2D eigenvalue weighted by Gasteiger charge is 2.36. The minimum atomic E-state index is 0. The van der Waals surface area contributed by atoms with Crippen molar-refractivity contribution in [1.29, 1.82) is 0 Å². The van der Waals surface area contributed by atoms with E-state index in [-0.39, 0.29) is 29.6 Å².